The van der Waals surface area contributed by atoms with E-state index in [1.165, 1.54) is 9.58 Å². The van der Waals surface area contributed by atoms with Crippen molar-refractivity contribution in [1.29, 1.82) is 0 Å². The second-order valence-electron chi connectivity index (χ2n) is 10.7. The van der Waals surface area contributed by atoms with Gasteiger partial charge in [-0.25, -0.2) is 4.68 Å². The minimum Gasteiger partial charge on any atom is -0.394 e. The summed E-state index contributed by atoms with van der Waals surface area (Å²) in [7, 11) is 0. The predicted octanol–water partition coefficient (Wildman–Crippen LogP) is 3.75. The van der Waals surface area contributed by atoms with Crippen molar-refractivity contribution >= 4 is 34.1 Å². The molecule has 0 spiro atoms. The molecule has 0 saturated carbocycles. The third kappa shape index (κ3) is 4.38. The van der Waals surface area contributed by atoms with E-state index in [1.807, 2.05) is 30.3 Å². The number of aromatic nitrogens is 2. The van der Waals surface area contributed by atoms with E-state index in [1.54, 1.807) is 66.4 Å². The molecule has 0 aliphatic carbocycles. The van der Waals surface area contributed by atoms with Crippen LogP contribution in [0.5, 0.6) is 0 Å². The van der Waals surface area contributed by atoms with Gasteiger partial charge in [0.15, 0.2) is 5.60 Å². The lowest BCUT2D eigenvalue weighted by molar-refractivity contribution is -0.138. The Labute approximate surface area is 236 Å². The molecule has 3 atom stereocenters. The zero-order chi connectivity index (χ0) is 28.7. The van der Waals surface area contributed by atoms with Crippen LogP contribution in [0.15, 0.2) is 89.7 Å². The Morgan fingerprint density at radius 3 is 2.59 bits per heavy atom. The van der Waals surface area contributed by atoms with Crippen LogP contribution in [0.25, 0.3) is 16.6 Å². The number of aliphatic hydroxyl groups is 2. The van der Waals surface area contributed by atoms with E-state index in [2.05, 4.69) is 5.10 Å². The van der Waals surface area contributed by atoms with Gasteiger partial charge in [0.25, 0.3) is 11.5 Å². The first kappa shape index (κ1) is 26.7. The number of hydrogen-bond acceptors (Lipinski definition) is 5. The lowest BCUT2D eigenvalue weighted by Crippen LogP contribution is -2.43. The normalized spacial score (nSPS) is 21.2. The lowest BCUT2D eigenvalue weighted by Gasteiger charge is -2.28. The van der Waals surface area contributed by atoms with E-state index in [-0.39, 0.29) is 30.5 Å². The van der Waals surface area contributed by atoms with Crippen molar-refractivity contribution in [3.63, 3.8) is 0 Å². The molecule has 9 heteroatoms. The average Bonchev–Trinajstić information content (AvgIpc) is 3.67. The summed E-state index contributed by atoms with van der Waals surface area (Å²) < 4.78 is 1.41. The maximum absolute atomic E-state index is 14.0. The van der Waals surface area contributed by atoms with Crippen LogP contribution >= 0.6 is 0 Å². The van der Waals surface area contributed by atoms with Crippen molar-refractivity contribution in [2.75, 3.05) is 18.1 Å². The SMILES string of the molecule is C[C@H](/C=C/CC(=O)N1CCC[C@H]1CO)[C@@]1(O)C(=O)N(c2ccccc2)c2ccc(-n3[nH]c4ccccc4c3=O)cc21. The fourth-order valence-electron chi connectivity index (χ4n) is 6.06. The van der Waals surface area contributed by atoms with E-state index in [0.29, 0.717) is 40.1 Å². The Kier molecular flexibility index (Phi) is 6.84. The molecular formula is C32H32N4O5. The summed E-state index contributed by atoms with van der Waals surface area (Å²) in [5.41, 5.74) is 0.494. The van der Waals surface area contributed by atoms with Gasteiger partial charge in [-0.3, -0.25) is 24.4 Å². The first-order chi connectivity index (χ1) is 19.8. The first-order valence-electron chi connectivity index (χ1n) is 13.9. The van der Waals surface area contributed by atoms with Crippen LogP contribution in [0.3, 0.4) is 0 Å². The van der Waals surface area contributed by atoms with Crippen LogP contribution in [-0.2, 0) is 15.2 Å². The number of fused-ring (bicyclic) bond motifs is 2. The zero-order valence-electron chi connectivity index (χ0n) is 22.7. The molecule has 0 radical (unpaired) electrons. The lowest BCUT2D eigenvalue weighted by atomic mass is 9.82. The van der Waals surface area contributed by atoms with E-state index >= 15 is 0 Å². The van der Waals surface area contributed by atoms with Gasteiger partial charge in [-0.2, -0.15) is 0 Å². The highest BCUT2D eigenvalue weighted by Crippen LogP contribution is 2.48. The number of H-pyrrole nitrogens is 1. The zero-order valence-corrected chi connectivity index (χ0v) is 22.7. The molecule has 2 aliphatic rings. The van der Waals surface area contributed by atoms with Crippen LogP contribution in [0.4, 0.5) is 11.4 Å². The number of rotatable bonds is 7. The van der Waals surface area contributed by atoms with Crippen molar-refractivity contribution in [1.82, 2.24) is 14.7 Å². The van der Waals surface area contributed by atoms with Gasteiger partial charge < -0.3 is 15.1 Å². The summed E-state index contributed by atoms with van der Waals surface area (Å²) in [6, 6.07) is 21.3. The van der Waals surface area contributed by atoms with Crippen LogP contribution < -0.4 is 10.5 Å². The number of carbonyl (C=O) groups excluding carboxylic acids is 2. The summed E-state index contributed by atoms with van der Waals surface area (Å²) in [6.07, 6.45) is 5.12. The van der Waals surface area contributed by atoms with Crippen LogP contribution in [-0.4, -0.2) is 55.9 Å². The maximum Gasteiger partial charge on any atom is 0.279 e. The third-order valence-corrected chi connectivity index (χ3v) is 8.31. The molecule has 210 valence electrons. The quantitative estimate of drug-likeness (QED) is 0.302. The summed E-state index contributed by atoms with van der Waals surface area (Å²) in [6.45, 7) is 2.30. The number of benzene rings is 3. The summed E-state index contributed by atoms with van der Waals surface area (Å²) in [5.74, 6) is -1.30. The highest BCUT2D eigenvalue weighted by molar-refractivity contribution is 6.12. The Bertz CT molecular complexity index is 1710. The highest BCUT2D eigenvalue weighted by atomic mass is 16.3. The third-order valence-electron chi connectivity index (χ3n) is 8.31. The number of amides is 2. The Morgan fingerprint density at radius 2 is 1.83 bits per heavy atom. The van der Waals surface area contributed by atoms with Gasteiger partial charge in [-0.1, -0.05) is 49.4 Å². The van der Waals surface area contributed by atoms with Gasteiger partial charge in [-0.05, 0) is 55.3 Å². The Balaban J connectivity index is 1.38. The second kappa shape index (κ2) is 10.5. The molecule has 9 nitrogen and oxygen atoms in total. The van der Waals surface area contributed by atoms with Crippen molar-refractivity contribution < 1.29 is 19.8 Å². The van der Waals surface area contributed by atoms with Gasteiger partial charge in [0, 0.05) is 30.1 Å². The largest absolute Gasteiger partial charge is 0.394 e. The van der Waals surface area contributed by atoms with Gasteiger partial charge in [-0.15, -0.1) is 0 Å². The number of anilines is 2. The number of aliphatic hydroxyl groups excluding tert-OH is 1. The van der Waals surface area contributed by atoms with Crippen LogP contribution in [0.1, 0.15) is 31.7 Å². The fraction of sp³-hybridized carbons (Fsp3) is 0.281. The van der Waals surface area contributed by atoms with Crippen LogP contribution in [0, 0.1) is 5.92 Å². The Morgan fingerprint density at radius 1 is 1.07 bits per heavy atom. The smallest absolute Gasteiger partial charge is 0.279 e. The van der Waals surface area contributed by atoms with Gasteiger partial charge in [0.2, 0.25) is 5.91 Å². The molecule has 4 aromatic rings. The van der Waals surface area contributed by atoms with E-state index < -0.39 is 17.4 Å². The molecular weight excluding hydrogens is 520 g/mol. The number of aromatic amines is 1. The van der Waals surface area contributed by atoms with E-state index in [9.17, 15) is 24.6 Å². The van der Waals surface area contributed by atoms with Crippen molar-refractivity contribution in [3.05, 3.63) is 101 Å². The number of para-hydroxylation sites is 2. The van der Waals surface area contributed by atoms with Gasteiger partial charge in [0.05, 0.1) is 34.9 Å². The summed E-state index contributed by atoms with van der Waals surface area (Å²) in [5, 5.41) is 25.4. The average molecular weight is 553 g/mol. The van der Waals surface area contributed by atoms with Gasteiger partial charge in [0.1, 0.15) is 0 Å². The van der Waals surface area contributed by atoms with Crippen molar-refractivity contribution in [3.8, 4) is 5.69 Å². The maximum atomic E-state index is 14.0. The molecule has 3 N–H and O–H groups in total. The minimum absolute atomic E-state index is 0.0615. The molecule has 1 fully saturated rings. The summed E-state index contributed by atoms with van der Waals surface area (Å²) in [4.78, 5) is 43.2. The Hall–Kier alpha value is -4.47. The standard InChI is InChI=1S/C32H32N4O5/c1-21(9-7-15-29(38)34-18-8-12-24(34)20-37)32(41)26-19-23(36-30(39)25-13-5-6-14-27(25)33-36)16-17-28(26)35(31(32)40)22-10-3-2-4-11-22/h2-7,9-11,13-14,16-17,19,21,24,33,37,41H,8,12,15,18,20H2,1H3/b9-7+/t21-,24+,32+/m1/s1. The molecule has 0 bridgehead atoms. The number of carbonyl (C=O) groups is 2. The molecule has 2 aliphatic heterocycles. The minimum atomic E-state index is -1.95. The van der Waals surface area contributed by atoms with Gasteiger partial charge >= 0.3 is 0 Å². The summed E-state index contributed by atoms with van der Waals surface area (Å²) >= 11 is 0. The molecule has 6 rings (SSSR count). The molecule has 1 aromatic heterocycles. The fourth-order valence-corrected chi connectivity index (χ4v) is 6.06. The predicted molar refractivity (Wildman–Crippen MR) is 156 cm³/mol. The van der Waals surface area contributed by atoms with E-state index in [0.717, 1.165) is 12.8 Å². The molecule has 0 unspecified atom stereocenters. The number of nitrogens with one attached hydrogen (secondary N) is 1. The molecule has 41 heavy (non-hydrogen) atoms. The van der Waals surface area contributed by atoms with E-state index in [4.69, 9.17) is 0 Å². The van der Waals surface area contributed by atoms with Crippen molar-refractivity contribution in [2.45, 2.75) is 37.8 Å². The van der Waals surface area contributed by atoms with Crippen LogP contribution in [0.2, 0.25) is 0 Å². The molecule has 3 heterocycles. The highest BCUT2D eigenvalue weighted by Gasteiger charge is 2.53. The molecule has 3 aromatic carbocycles. The second-order valence-corrected chi connectivity index (χ2v) is 10.7. The van der Waals surface area contributed by atoms with Crippen molar-refractivity contribution in [2.24, 2.45) is 5.92 Å². The topological polar surface area (TPSA) is 119 Å². The number of nitrogens with zero attached hydrogens (tertiary/aromatic N) is 3. The molecule has 2 amide bonds. The number of likely N-dealkylation sites (tertiary alicyclic amines) is 1. The molecule has 1 saturated heterocycles. The first-order valence-corrected chi connectivity index (χ1v) is 13.9. The monoisotopic (exact) mass is 552 g/mol. The number of hydrogen-bond donors (Lipinski definition) is 3.